The fourth-order valence-electron chi connectivity index (χ4n) is 3.77. The molecule has 0 radical (unpaired) electrons. The summed E-state index contributed by atoms with van der Waals surface area (Å²) in [5.74, 6) is 1.16. The molecule has 1 saturated heterocycles. The Kier molecular flexibility index (Phi) is 6.56. The number of hydrogen-bond donors (Lipinski definition) is 1. The summed E-state index contributed by atoms with van der Waals surface area (Å²) in [4.78, 5) is 17.5. The first-order chi connectivity index (χ1) is 14.2. The molecule has 7 heteroatoms. The summed E-state index contributed by atoms with van der Waals surface area (Å²) in [6.45, 7) is 3.83. The van der Waals surface area contributed by atoms with Gasteiger partial charge in [0, 0.05) is 23.9 Å². The summed E-state index contributed by atoms with van der Waals surface area (Å²) < 4.78 is 0. The van der Waals surface area contributed by atoms with Gasteiger partial charge < -0.3 is 10.2 Å². The molecule has 152 valence electrons. The molecule has 3 aromatic rings. The zero-order valence-corrected chi connectivity index (χ0v) is 18.2. The van der Waals surface area contributed by atoms with Crippen molar-refractivity contribution in [2.45, 2.75) is 38.6 Å². The zero-order chi connectivity index (χ0) is 20.1. The minimum atomic E-state index is 0.0731. The first-order valence-electron chi connectivity index (χ1n) is 10.2. The molecular weight excluding hydrogens is 400 g/mol. The van der Waals surface area contributed by atoms with Crippen LogP contribution in [0.15, 0.2) is 47.2 Å². The maximum absolute atomic E-state index is 12.8. The molecule has 1 fully saturated rings. The van der Waals surface area contributed by atoms with Crippen LogP contribution in [-0.4, -0.2) is 29.2 Å². The van der Waals surface area contributed by atoms with E-state index >= 15 is 0 Å². The lowest BCUT2D eigenvalue weighted by atomic mass is 9.95. The number of thiophene rings is 2. The summed E-state index contributed by atoms with van der Waals surface area (Å²) in [6.07, 6.45) is 3.74. The lowest BCUT2D eigenvalue weighted by Gasteiger charge is -2.32. The van der Waals surface area contributed by atoms with Gasteiger partial charge in [0.2, 0.25) is 5.91 Å². The molecule has 4 rings (SSSR count). The van der Waals surface area contributed by atoms with E-state index in [0.29, 0.717) is 0 Å². The average Bonchev–Trinajstić information content (AvgIpc) is 3.48. The van der Waals surface area contributed by atoms with E-state index < -0.39 is 0 Å². The van der Waals surface area contributed by atoms with Gasteiger partial charge in [-0.25, -0.2) is 0 Å². The van der Waals surface area contributed by atoms with Gasteiger partial charge in [0.05, 0.1) is 10.9 Å². The molecule has 0 saturated carbocycles. The van der Waals surface area contributed by atoms with Crippen molar-refractivity contribution in [3.05, 3.63) is 52.0 Å². The Morgan fingerprint density at radius 1 is 1.14 bits per heavy atom. The van der Waals surface area contributed by atoms with Crippen LogP contribution in [0.1, 0.15) is 43.5 Å². The molecule has 1 atom stereocenters. The van der Waals surface area contributed by atoms with Crippen molar-refractivity contribution in [1.29, 1.82) is 0 Å². The highest BCUT2D eigenvalue weighted by atomic mass is 32.1. The molecule has 29 heavy (non-hydrogen) atoms. The van der Waals surface area contributed by atoms with E-state index in [0.717, 1.165) is 55.2 Å². The number of nitrogens with one attached hydrogen (secondary N) is 1. The first-order valence-corrected chi connectivity index (χ1v) is 12.0. The highest BCUT2D eigenvalue weighted by Gasteiger charge is 2.27. The maximum atomic E-state index is 12.8. The van der Waals surface area contributed by atoms with Crippen LogP contribution < -0.4 is 10.2 Å². The van der Waals surface area contributed by atoms with Crippen molar-refractivity contribution in [1.82, 2.24) is 15.5 Å². The van der Waals surface area contributed by atoms with Crippen LogP contribution in [0, 0.1) is 5.92 Å². The monoisotopic (exact) mass is 426 g/mol. The van der Waals surface area contributed by atoms with E-state index in [1.807, 2.05) is 23.6 Å². The predicted octanol–water partition coefficient (Wildman–Crippen LogP) is 5.14. The van der Waals surface area contributed by atoms with E-state index in [4.69, 9.17) is 0 Å². The van der Waals surface area contributed by atoms with E-state index in [9.17, 15) is 4.79 Å². The lowest BCUT2D eigenvalue weighted by Crippen LogP contribution is -2.41. The molecule has 0 unspecified atom stereocenters. The van der Waals surface area contributed by atoms with Crippen LogP contribution in [0.25, 0.3) is 10.6 Å². The van der Waals surface area contributed by atoms with Gasteiger partial charge in [-0.05, 0) is 54.3 Å². The molecule has 3 aromatic heterocycles. The van der Waals surface area contributed by atoms with Crippen LogP contribution in [0.3, 0.4) is 0 Å². The summed E-state index contributed by atoms with van der Waals surface area (Å²) in [5.41, 5.74) is 0.911. The molecule has 0 bridgehead atoms. The Morgan fingerprint density at radius 3 is 2.55 bits per heavy atom. The number of anilines is 1. The molecule has 5 nitrogen and oxygen atoms in total. The van der Waals surface area contributed by atoms with Crippen molar-refractivity contribution in [3.63, 3.8) is 0 Å². The third-order valence-electron chi connectivity index (χ3n) is 5.39. The van der Waals surface area contributed by atoms with Gasteiger partial charge in [0.15, 0.2) is 5.82 Å². The molecular formula is C22H26N4OS2. The van der Waals surface area contributed by atoms with Crippen LogP contribution in [-0.2, 0) is 4.79 Å². The Balaban J connectivity index is 1.32. The van der Waals surface area contributed by atoms with Gasteiger partial charge >= 0.3 is 0 Å². The van der Waals surface area contributed by atoms with Crippen molar-refractivity contribution in [2.75, 3.05) is 18.0 Å². The second kappa shape index (κ2) is 9.50. The van der Waals surface area contributed by atoms with E-state index in [2.05, 4.69) is 50.9 Å². The van der Waals surface area contributed by atoms with Gasteiger partial charge in [-0.3, -0.25) is 4.79 Å². The van der Waals surface area contributed by atoms with Gasteiger partial charge in [-0.1, -0.05) is 25.5 Å². The SMILES string of the molecule is CCC[C@@H](NC(=O)C1CCN(c2ccc(-c3cccs3)nn2)CC1)c1cccs1. The number of nitrogens with zero attached hydrogens (tertiary/aromatic N) is 3. The molecule has 4 heterocycles. The van der Waals surface area contributed by atoms with E-state index in [-0.39, 0.29) is 17.9 Å². The third-order valence-corrected chi connectivity index (χ3v) is 7.27. The predicted molar refractivity (Wildman–Crippen MR) is 120 cm³/mol. The third kappa shape index (κ3) is 4.85. The topological polar surface area (TPSA) is 58.1 Å². The quantitative estimate of drug-likeness (QED) is 0.568. The Hall–Kier alpha value is -2.25. The molecule has 1 amide bonds. The number of piperidine rings is 1. The molecule has 0 aromatic carbocycles. The molecule has 1 aliphatic rings. The number of carbonyl (C=O) groups excluding carboxylic acids is 1. The minimum absolute atomic E-state index is 0.0731. The number of amides is 1. The van der Waals surface area contributed by atoms with Gasteiger partial charge in [-0.15, -0.1) is 32.9 Å². The van der Waals surface area contributed by atoms with Crippen LogP contribution in [0.5, 0.6) is 0 Å². The standard InChI is InChI=1S/C22H26N4OS2/c1-2-5-17(19-6-3-14-28-19)23-22(27)16-10-12-26(13-11-16)21-9-8-18(24-25-21)20-7-4-15-29-20/h3-4,6-9,14-17H,2,5,10-13H2,1H3,(H,23,27)/t17-/m1/s1. The normalized spacial score (nSPS) is 16.0. The second-order valence-electron chi connectivity index (χ2n) is 7.38. The second-order valence-corrected chi connectivity index (χ2v) is 9.31. The van der Waals surface area contributed by atoms with Crippen LogP contribution in [0.2, 0.25) is 0 Å². The van der Waals surface area contributed by atoms with E-state index in [1.165, 1.54) is 4.88 Å². The highest BCUT2D eigenvalue weighted by Crippen LogP contribution is 2.27. The summed E-state index contributed by atoms with van der Waals surface area (Å²) >= 11 is 3.39. The fraction of sp³-hybridized carbons (Fsp3) is 0.409. The molecule has 1 aliphatic heterocycles. The summed E-state index contributed by atoms with van der Waals surface area (Å²) in [7, 11) is 0. The number of rotatable bonds is 7. The van der Waals surface area contributed by atoms with Crippen molar-refractivity contribution in [3.8, 4) is 10.6 Å². The number of hydrogen-bond acceptors (Lipinski definition) is 6. The molecule has 0 spiro atoms. The lowest BCUT2D eigenvalue weighted by molar-refractivity contribution is -0.126. The number of aromatic nitrogens is 2. The van der Waals surface area contributed by atoms with Gasteiger partial charge in [-0.2, -0.15) is 0 Å². The average molecular weight is 427 g/mol. The summed E-state index contributed by atoms with van der Waals surface area (Å²) in [5, 5.41) is 16.2. The van der Waals surface area contributed by atoms with Crippen molar-refractivity contribution in [2.24, 2.45) is 5.92 Å². The first kappa shape index (κ1) is 20.0. The van der Waals surface area contributed by atoms with Gasteiger partial charge in [0.1, 0.15) is 5.69 Å². The number of carbonyl (C=O) groups is 1. The van der Waals surface area contributed by atoms with Crippen LogP contribution in [0.4, 0.5) is 5.82 Å². The Bertz CT molecular complexity index is 886. The summed E-state index contributed by atoms with van der Waals surface area (Å²) in [6, 6.07) is 12.5. The molecule has 1 N–H and O–H groups in total. The molecule has 0 aliphatic carbocycles. The smallest absolute Gasteiger partial charge is 0.223 e. The van der Waals surface area contributed by atoms with Crippen molar-refractivity contribution >= 4 is 34.4 Å². The minimum Gasteiger partial charge on any atom is -0.355 e. The largest absolute Gasteiger partial charge is 0.355 e. The van der Waals surface area contributed by atoms with Gasteiger partial charge in [0.25, 0.3) is 0 Å². The Morgan fingerprint density at radius 2 is 1.93 bits per heavy atom. The Labute approximate surface area is 179 Å². The fourth-order valence-corrected chi connectivity index (χ4v) is 5.28. The van der Waals surface area contributed by atoms with E-state index in [1.54, 1.807) is 22.7 Å². The zero-order valence-electron chi connectivity index (χ0n) is 16.6. The van der Waals surface area contributed by atoms with Crippen molar-refractivity contribution < 1.29 is 4.79 Å². The van der Waals surface area contributed by atoms with Crippen LogP contribution >= 0.6 is 22.7 Å². The maximum Gasteiger partial charge on any atom is 0.223 e. The highest BCUT2D eigenvalue weighted by molar-refractivity contribution is 7.13.